The summed E-state index contributed by atoms with van der Waals surface area (Å²) in [7, 11) is 0. The van der Waals surface area contributed by atoms with Crippen molar-refractivity contribution >= 4 is 17.6 Å². The second-order valence-corrected chi connectivity index (χ2v) is 8.08. The Kier molecular flexibility index (Phi) is 7.43. The lowest BCUT2D eigenvalue weighted by molar-refractivity contribution is -0.142. The van der Waals surface area contributed by atoms with Gasteiger partial charge in [-0.25, -0.2) is 0 Å². The first-order valence-electron chi connectivity index (χ1n) is 10.9. The van der Waals surface area contributed by atoms with E-state index >= 15 is 0 Å². The van der Waals surface area contributed by atoms with E-state index in [4.69, 9.17) is 21.1 Å². The van der Waals surface area contributed by atoms with E-state index in [1.807, 2.05) is 91.9 Å². The molecule has 4 aromatic carbocycles. The first-order valence-corrected chi connectivity index (χ1v) is 11.3. The van der Waals surface area contributed by atoms with Gasteiger partial charge in [-0.05, 0) is 52.9 Å². The SMILES string of the molecule is CCOC(=O)Cc1ccc(-c2ccccc2-c2cc(Cl)ccc2OCc2ccccc2)cc1. The highest BCUT2D eigenvalue weighted by molar-refractivity contribution is 6.31. The summed E-state index contributed by atoms with van der Waals surface area (Å²) < 4.78 is 11.3. The fourth-order valence-electron chi connectivity index (χ4n) is 3.72. The summed E-state index contributed by atoms with van der Waals surface area (Å²) in [6.07, 6.45) is 0.265. The van der Waals surface area contributed by atoms with Gasteiger partial charge in [0.05, 0.1) is 13.0 Å². The van der Waals surface area contributed by atoms with Crippen LogP contribution in [0.3, 0.4) is 0 Å². The zero-order valence-electron chi connectivity index (χ0n) is 18.5. The molecule has 0 bridgehead atoms. The van der Waals surface area contributed by atoms with E-state index in [0.717, 1.165) is 39.1 Å². The summed E-state index contributed by atoms with van der Waals surface area (Å²) >= 11 is 6.38. The van der Waals surface area contributed by atoms with Gasteiger partial charge in [-0.2, -0.15) is 0 Å². The molecule has 0 amide bonds. The summed E-state index contributed by atoms with van der Waals surface area (Å²) in [5.74, 6) is 0.555. The van der Waals surface area contributed by atoms with Crippen LogP contribution >= 0.6 is 11.6 Å². The van der Waals surface area contributed by atoms with E-state index in [2.05, 4.69) is 12.1 Å². The first-order chi connectivity index (χ1) is 16.1. The van der Waals surface area contributed by atoms with Crippen molar-refractivity contribution in [2.45, 2.75) is 20.0 Å². The van der Waals surface area contributed by atoms with Crippen LogP contribution in [0.5, 0.6) is 5.75 Å². The molecule has 0 heterocycles. The lowest BCUT2D eigenvalue weighted by Gasteiger charge is -2.16. The molecule has 33 heavy (non-hydrogen) atoms. The summed E-state index contributed by atoms with van der Waals surface area (Å²) in [6.45, 7) is 2.67. The number of hydrogen-bond donors (Lipinski definition) is 0. The average molecular weight is 457 g/mol. The van der Waals surface area contributed by atoms with E-state index in [9.17, 15) is 4.79 Å². The Bertz CT molecular complexity index is 1220. The van der Waals surface area contributed by atoms with Crippen LogP contribution in [-0.4, -0.2) is 12.6 Å². The lowest BCUT2D eigenvalue weighted by Crippen LogP contribution is -2.07. The molecule has 0 spiro atoms. The Morgan fingerprint density at radius 1 is 0.758 bits per heavy atom. The van der Waals surface area contributed by atoms with Crippen LogP contribution in [0.25, 0.3) is 22.3 Å². The van der Waals surface area contributed by atoms with Gasteiger partial charge in [0, 0.05) is 10.6 Å². The van der Waals surface area contributed by atoms with Crippen molar-refractivity contribution in [2.24, 2.45) is 0 Å². The monoisotopic (exact) mass is 456 g/mol. The molecule has 0 aliphatic rings. The Balaban J connectivity index is 1.65. The third kappa shape index (κ3) is 5.82. The summed E-state index contributed by atoms with van der Waals surface area (Å²) in [5.41, 5.74) is 6.10. The van der Waals surface area contributed by atoms with Gasteiger partial charge in [0.1, 0.15) is 12.4 Å². The van der Waals surface area contributed by atoms with Crippen LogP contribution in [0.1, 0.15) is 18.1 Å². The summed E-state index contributed by atoms with van der Waals surface area (Å²) in [6, 6.07) is 32.0. The number of carbonyl (C=O) groups excluding carboxylic acids is 1. The Labute approximate surface area is 199 Å². The molecule has 166 valence electrons. The van der Waals surface area contributed by atoms with Crippen LogP contribution in [0, 0.1) is 0 Å². The van der Waals surface area contributed by atoms with E-state index in [0.29, 0.717) is 18.2 Å². The van der Waals surface area contributed by atoms with Gasteiger partial charge in [0.25, 0.3) is 0 Å². The quantitative estimate of drug-likeness (QED) is 0.260. The summed E-state index contributed by atoms with van der Waals surface area (Å²) in [4.78, 5) is 11.8. The Hall–Kier alpha value is -3.56. The number of halogens is 1. The van der Waals surface area contributed by atoms with Crippen molar-refractivity contribution < 1.29 is 14.3 Å². The number of rotatable bonds is 8. The van der Waals surface area contributed by atoms with Crippen molar-refractivity contribution in [2.75, 3.05) is 6.61 Å². The van der Waals surface area contributed by atoms with Gasteiger partial charge in [0.15, 0.2) is 0 Å². The molecule has 0 fully saturated rings. The van der Waals surface area contributed by atoms with Gasteiger partial charge >= 0.3 is 5.97 Å². The first kappa shape index (κ1) is 22.6. The maximum atomic E-state index is 11.8. The minimum atomic E-state index is -0.218. The third-order valence-electron chi connectivity index (χ3n) is 5.31. The fourth-order valence-corrected chi connectivity index (χ4v) is 3.90. The number of benzene rings is 4. The number of ether oxygens (including phenoxy) is 2. The fraction of sp³-hybridized carbons (Fsp3) is 0.138. The van der Waals surface area contributed by atoms with Gasteiger partial charge in [-0.15, -0.1) is 0 Å². The average Bonchev–Trinajstić information content (AvgIpc) is 2.84. The van der Waals surface area contributed by atoms with Gasteiger partial charge in [0.2, 0.25) is 0 Å². The molecule has 0 aromatic heterocycles. The van der Waals surface area contributed by atoms with E-state index < -0.39 is 0 Å². The Morgan fingerprint density at radius 2 is 1.45 bits per heavy atom. The highest BCUT2D eigenvalue weighted by Gasteiger charge is 2.14. The number of hydrogen-bond acceptors (Lipinski definition) is 3. The topological polar surface area (TPSA) is 35.5 Å². The van der Waals surface area contributed by atoms with Gasteiger partial charge in [-0.1, -0.05) is 90.5 Å². The van der Waals surface area contributed by atoms with Gasteiger partial charge < -0.3 is 9.47 Å². The van der Waals surface area contributed by atoms with Crippen LogP contribution in [-0.2, 0) is 22.6 Å². The van der Waals surface area contributed by atoms with Crippen molar-refractivity contribution in [3.05, 3.63) is 113 Å². The zero-order chi connectivity index (χ0) is 23.0. The number of esters is 1. The predicted octanol–water partition coefficient (Wildman–Crippen LogP) is 7.36. The zero-order valence-corrected chi connectivity index (χ0v) is 19.2. The van der Waals surface area contributed by atoms with Crippen LogP contribution < -0.4 is 4.74 Å². The predicted molar refractivity (Wildman–Crippen MR) is 133 cm³/mol. The molecular weight excluding hydrogens is 432 g/mol. The molecule has 0 N–H and O–H groups in total. The molecule has 0 unspecified atom stereocenters. The molecule has 0 saturated heterocycles. The minimum absolute atomic E-state index is 0.218. The molecule has 4 aromatic rings. The highest BCUT2D eigenvalue weighted by Crippen LogP contribution is 2.39. The molecule has 0 radical (unpaired) electrons. The normalized spacial score (nSPS) is 10.6. The van der Waals surface area contributed by atoms with Crippen LogP contribution in [0.4, 0.5) is 0 Å². The molecular formula is C29H25ClO3. The highest BCUT2D eigenvalue weighted by atomic mass is 35.5. The van der Waals surface area contributed by atoms with Crippen molar-refractivity contribution in [3.63, 3.8) is 0 Å². The molecule has 3 nitrogen and oxygen atoms in total. The standard InChI is InChI=1S/C29H25ClO3/c1-2-32-29(31)18-21-12-14-23(15-13-21)25-10-6-7-11-26(25)27-19-24(30)16-17-28(27)33-20-22-8-4-3-5-9-22/h3-17,19H,2,18,20H2,1H3. The largest absolute Gasteiger partial charge is 0.488 e. The minimum Gasteiger partial charge on any atom is -0.488 e. The van der Waals surface area contributed by atoms with E-state index in [-0.39, 0.29) is 12.4 Å². The van der Waals surface area contributed by atoms with Crippen molar-refractivity contribution in [3.8, 4) is 28.0 Å². The van der Waals surface area contributed by atoms with E-state index in [1.54, 1.807) is 0 Å². The molecule has 4 heteroatoms. The second-order valence-electron chi connectivity index (χ2n) is 7.64. The lowest BCUT2D eigenvalue weighted by atomic mass is 9.93. The van der Waals surface area contributed by atoms with Crippen molar-refractivity contribution in [1.29, 1.82) is 0 Å². The maximum absolute atomic E-state index is 11.8. The molecule has 0 atom stereocenters. The third-order valence-corrected chi connectivity index (χ3v) is 5.55. The second kappa shape index (κ2) is 10.8. The molecule has 0 saturated carbocycles. The van der Waals surface area contributed by atoms with Crippen LogP contribution in [0.15, 0.2) is 97.1 Å². The molecule has 0 aliphatic heterocycles. The maximum Gasteiger partial charge on any atom is 0.310 e. The molecule has 0 aliphatic carbocycles. The van der Waals surface area contributed by atoms with Crippen molar-refractivity contribution in [1.82, 2.24) is 0 Å². The number of carbonyl (C=O) groups is 1. The van der Waals surface area contributed by atoms with Gasteiger partial charge in [-0.3, -0.25) is 4.79 Å². The van der Waals surface area contributed by atoms with E-state index in [1.165, 1.54) is 0 Å². The summed E-state index contributed by atoms with van der Waals surface area (Å²) in [5, 5.41) is 0.650. The Morgan fingerprint density at radius 3 is 2.18 bits per heavy atom. The molecule has 4 rings (SSSR count). The van der Waals surface area contributed by atoms with Crippen LogP contribution in [0.2, 0.25) is 5.02 Å². The smallest absolute Gasteiger partial charge is 0.310 e.